The molecule has 0 radical (unpaired) electrons. The number of aromatic nitrogens is 2. The highest BCUT2D eigenvalue weighted by atomic mass is 16.5. The molecular weight excluding hydrogens is 406 g/mol. The lowest BCUT2D eigenvalue weighted by molar-refractivity contribution is 0.152. The summed E-state index contributed by atoms with van der Waals surface area (Å²) >= 11 is 0. The van der Waals surface area contributed by atoms with Crippen molar-refractivity contribution in [1.82, 2.24) is 9.55 Å². The van der Waals surface area contributed by atoms with Gasteiger partial charge in [-0.05, 0) is 35.7 Å². The van der Waals surface area contributed by atoms with Gasteiger partial charge in [0.25, 0.3) is 0 Å². The third-order valence-corrected chi connectivity index (χ3v) is 5.07. The van der Waals surface area contributed by atoms with E-state index in [9.17, 15) is 10.2 Å². The number of methoxy groups -OCH3 is 1. The zero-order chi connectivity index (χ0) is 22.9. The first-order chi connectivity index (χ1) is 15.5. The van der Waals surface area contributed by atoms with Crippen molar-refractivity contribution in [2.75, 3.05) is 26.9 Å². The van der Waals surface area contributed by atoms with Gasteiger partial charge in [-0.25, -0.2) is 4.98 Å². The Morgan fingerprint density at radius 3 is 2.31 bits per heavy atom. The maximum atomic E-state index is 9.85. The van der Waals surface area contributed by atoms with Gasteiger partial charge in [-0.3, -0.25) is 0 Å². The summed E-state index contributed by atoms with van der Waals surface area (Å²) in [4.78, 5) is 4.17. The second-order valence-corrected chi connectivity index (χ2v) is 7.65. The largest absolute Gasteiger partial charge is 0.492 e. The Morgan fingerprint density at radius 2 is 1.72 bits per heavy atom. The van der Waals surface area contributed by atoms with Gasteiger partial charge in [-0.1, -0.05) is 48.6 Å². The van der Waals surface area contributed by atoms with Gasteiger partial charge >= 0.3 is 0 Å². The summed E-state index contributed by atoms with van der Waals surface area (Å²) in [6.45, 7) is 2.43. The molecule has 0 fully saturated rings. The predicted molar refractivity (Wildman–Crippen MR) is 125 cm³/mol. The maximum Gasteiger partial charge on any atom is 0.137 e. The third kappa shape index (κ3) is 6.27. The molecule has 3 aromatic rings. The minimum Gasteiger partial charge on any atom is -0.492 e. The van der Waals surface area contributed by atoms with Crippen molar-refractivity contribution in [3.8, 4) is 16.9 Å². The number of nitrogens with two attached hydrogens (primary N) is 1. The second-order valence-electron chi connectivity index (χ2n) is 7.65. The molecule has 0 aliphatic heterocycles. The van der Waals surface area contributed by atoms with Gasteiger partial charge in [0.1, 0.15) is 24.3 Å². The zero-order valence-corrected chi connectivity index (χ0v) is 18.5. The van der Waals surface area contributed by atoms with Crippen molar-refractivity contribution in [1.29, 1.82) is 0 Å². The number of hydrogen-bond donors (Lipinski definition) is 3. The SMILES string of the molecule is COCC(N)COc1ccc(-c2ccc(/C=C/[C@@H](CO)n3ccnc3[C@H](C)O)cc2)cc1. The monoisotopic (exact) mass is 437 g/mol. The maximum absolute atomic E-state index is 9.85. The Hall–Kier alpha value is -2.97. The average molecular weight is 438 g/mol. The van der Waals surface area contributed by atoms with Crippen molar-refractivity contribution in [2.24, 2.45) is 5.73 Å². The van der Waals surface area contributed by atoms with Crippen LogP contribution in [-0.2, 0) is 4.74 Å². The van der Waals surface area contributed by atoms with Crippen LogP contribution >= 0.6 is 0 Å². The van der Waals surface area contributed by atoms with E-state index in [4.69, 9.17) is 15.2 Å². The molecule has 3 atom stereocenters. The fourth-order valence-corrected chi connectivity index (χ4v) is 3.39. The first kappa shape index (κ1) is 23.7. The molecule has 0 aliphatic rings. The highest BCUT2D eigenvalue weighted by Crippen LogP contribution is 2.24. The lowest BCUT2D eigenvalue weighted by atomic mass is 10.0. The van der Waals surface area contributed by atoms with Crippen LogP contribution in [0.4, 0.5) is 0 Å². The van der Waals surface area contributed by atoms with Crippen LogP contribution in [-0.4, -0.2) is 52.7 Å². The minimum atomic E-state index is -0.703. The highest BCUT2D eigenvalue weighted by Gasteiger charge is 2.14. The molecule has 0 bridgehead atoms. The molecule has 2 aromatic carbocycles. The molecule has 1 heterocycles. The lowest BCUT2D eigenvalue weighted by Gasteiger charge is -2.16. The molecule has 1 unspecified atom stereocenters. The molecule has 4 N–H and O–H groups in total. The van der Waals surface area contributed by atoms with Crippen molar-refractivity contribution in [3.05, 3.63) is 78.4 Å². The van der Waals surface area contributed by atoms with Crippen LogP contribution in [0.3, 0.4) is 0 Å². The van der Waals surface area contributed by atoms with Crippen LogP contribution in [0.5, 0.6) is 5.75 Å². The molecule has 7 heteroatoms. The molecule has 170 valence electrons. The van der Waals surface area contributed by atoms with E-state index in [0.717, 1.165) is 22.4 Å². The van der Waals surface area contributed by atoms with Crippen LogP contribution < -0.4 is 10.5 Å². The van der Waals surface area contributed by atoms with Gasteiger partial charge in [0.05, 0.1) is 25.3 Å². The van der Waals surface area contributed by atoms with Gasteiger partial charge in [-0.2, -0.15) is 0 Å². The number of aliphatic hydroxyl groups is 2. The van der Waals surface area contributed by atoms with E-state index in [1.54, 1.807) is 31.0 Å². The molecule has 7 nitrogen and oxygen atoms in total. The first-order valence-corrected chi connectivity index (χ1v) is 10.6. The average Bonchev–Trinajstić information content (AvgIpc) is 3.29. The van der Waals surface area contributed by atoms with E-state index in [1.165, 1.54) is 0 Å². The molecular formula is C25H31N3O4. The van der Waals surface area contributed by atoms with E-state index in [2.05, 4.69) is 17.1 Å². The van der Waals surface area contributed by atoms with Crippen molar-refractivity contribution >= 4 is 6.08 Å². The van der Waals surface area contributed by atoms with Gasteiger partial charge < -0.3 is 30.0 Å². The fraction of sp³-hybridized carbons (Fsp3) is 0.320. The summed E-state index contributed by atoms with van der Waals surface area (Å²) in [5, 5.41) is 19.6. The number of imidazole rings is 1. The van der Waals surface area contributed by atoms with E-state index in [1.807, 2.05) is 48.6 Å². The number of ether oxygens (including phenoxy) is 2. The molecule has 0 amide bonds. The van der Waals surface area contributed by atoms with E-state index < -0.39 is 6.10 Å². The fourth-order valence-electron chi connectivity index (χ4n) is 3.39. The van der Waals surface area contributed by atoms with Gasteiger partial charge in [0.15, 0.2) is 0 Å². The molecule has 0 spiro atoms. The predicted octanol–water partition coefficient (Wildman–Crippen LogP) is 3.20. The normalized spacial score (nSPS) is 14.4. The van der Waals surface area contributed by atoms with Crippen molar-refractivity contribution < 1.29 is 19.7 Å². The topological polar surface area (TPSA) is 103 Å². The van der Waals surface area contributed by atoms with Gasteiger partial charge in [0, 0.05) is 19.5 Å². The summed E-state index contributed by atoms with van der Waals surface area (Å²) in [6, 6.07) is 15.6. The molecule has 0 aliphatic carbocycles. The number of benzene rings is 2. The number of nitrogens with zero attached hydrogens (tertiary/aromatic N) is 2. The van der Waals surface area contributed by atoms with Crippen molar-refractivity contribution in [2.45, 2.75) is 25.1 Å². The zero-order valence-electron chi connectivity index (χ0n) is 18.5. The first-order valence-electron chi connectivity index (χ1n) is 10.6. The standard InChI is InChI=1S/C25H31N3O4/c1-18(30)25-27-13-14-28(25)23(15-29)10-5-19-3-6-20(7-4-19)21-8-11-24(12-9-21)32-17-22(26)16-31-2/h3-14,18,22-23,29-30H,15-17,26H2,1-2H3/b10-5+/t18-,22?,23-/m0/s1. The minimum absolute atomic E-state index is 0.0878. The Morgan fingerprint density at radius 1 is 1.06 bits per heavy atom. The van der Waals surface area contributed by atoms with Crippen LogP contribution in [0.1, 0.15) is 30.5 Å². The summed E-state index contributed by atoms with van der Waals surface area (Å²) in [5.74, 6) is 1.29. The van der Waals surface area contributed by atoms with Crippen LogP contribution in [0, 0.1) is 0 Å². The molecule has 1 aromatic heterocycles. The van der Waals surface area contributed by atoms with Crippen LogP contribution in [0.15, 0.2) is 67.0 Å². The number of aliphatic hydroxyl groups excluding tert-OH is 2. The quantitative estimate of drug-likeness (QED) is 0.426. The summed E-state index contributed by atoms with van der Waals surface area (Å²) < 4.78 is 12.5. The number of rotatable bonds is 11. The second kappa shape index (κ2) is 11.6. The Bertz CT molecular complexity index is 981. The van der Waals surface area contributed by atoms with E-state index >= 15 is 0 Å². The summed E-state index contributed by atoms with van der Waals surface area (Å²) in [5.41, 5.74) is 9.07. The van der Waals surface area contributed by atoms with Crippen LogP contribution in [0.25, 0.3) is 17.2 Å². The summed E-state index contributed by atoms with van der Waals surface area (Å²) in [7, 11) is 1.62. The van der Waals surface area contributed by atoms with E-state index in [0.29, 0.717) is 19.0 Å². The van der Waals surface area contributed by atoms with E-state index in [-0.39, 0.29) is 18.7 Å². The molecule has 3 rings (SSSR count). The molecule has 0 saturated heterocycles. The van der Waals surface area contributed by atoms with Gasteiger partial charge in [-0.15, -0.1) is 0 Å². The Kier molecular flexibility index (Phi) is 8.58. The highest BCUT2D eigenvalue weighted by molar-refractivity contribution is 5.66. The Labute approximate surface area is 188 Å². The Balaban J connectivity index is 1.63. The smallest absolute Gasteiger partial charge is 0.137 e. The summed E-state index contributed by atoms with van der Waals surface area (Å²) in [6.07, 6.45) is 6.54. The van der Waals surface area contributed by atoms with Crippen molar-refractivity contribution in [3.63, 3.8) is 0 Å². The molecule has 0 saturated carbocycles. The number of hydrogen-bond acceptors (Lipinski definition) is 6. The third-order valence-electron chi connectivity index (χ3n) is 5.07. The molecule has 32 heavy (non-hydrogen) atoms. The lowest BCUT2D eigenvalue weighted by Crippen LogP contribution is -2.32. The van der Waals surface area contributed by atoms with Crippen LogP contribution in [0.2, 0.25) is 0 Å². The van der Waals surface area contributed by atoms with Gasteiger partial charge in [0.2, 0.25) is 0 Å².